The number of aliphatic hydroxyl groups excluding tert-OH is 3. The topological polar surface area (TPSA) is 79.2 Å². The predicted molar refractivity (Wildman–Crippen MR) is 127 cm³/mol. The van der Waals surface area contributed by atoms with E-state index in [1.54, 1.807) is 0 Å². The Morgan fingerprint density at radius 3 is 1.90 bits per heavy atom. The number of rotatable bonds is 21. The molecule has 0 amide bonds. The minimum Gasteiger partial charge on any atom is -0.394 e. The van der Waals surface area contributed by atoms with Crippen LogP contribution in [0.2, 0.25) is 0 Å². The Hall–Kier alpha value is -0.460. The molecule has 0 aromatic carbocycles. The average molecular weight is 443 g/mol. The van der Waals surface area contributed by atoms with Crippen molar-refractivity contribution in [1.29, 1.82) is 0 Å². The first kappa shape index (κ1) is 28.6. The highest BCUT2D eigenvalue weighted by molar-refractivity contribution is 4.89. The highest BCUT2D eigenvalue weighted by Crippen LogP contribution is 2.21. The van der Waals surface area contributed by atoms with Gasteiger partial charge in [0.15, 0.2) is 0 Å². The van der Waals surface area contributed by atoms with Gasteiger partial charge in [-0.15, -0.1) is 0 Å². The van der Waals surface area contributed by atoms with Gasteiger partial charge in [0.1, 0.15) is 24.4 Å². The van der Waals surface area contributed by atoms with Crippen molar-refractivity contribution in [3.63, 3.8) is 0 Å². The van der Waals surface area contributed by atoms with E-state index >= 15 is 0 Å². The first-order valence-corrected chi connectivity index (χ1v) is 13.1. The minimum absolute atomic E-state index is 0.147. The summed E-state index contributed by atoms with van der Waals surface area (Å²) in [5.41, 5.74) is 0. The zero-order valence-electron chi connectivity index (χ0n) is 20.1. The Morgan fingerprint density at radius 1 is 0.839 bits per heavy atom. The molecule has 0 aromatic rings. The van der Waals surface area contributed by atoms with Gasteiger partial charge in [0.05, 0.1) is 13.2 Å². The Labute approximate surface area is 191 Å². The zero-order chi connectivity index (χ0) is 22.6. The fourth-order valence-corrected chi connectivity index (χ4v) is 4.18. The molecule has 0 unspecified atom stereocenters. The Morgan fingerprint density at radius 2 is 1.35 bits per heavy atom. The van der Waals surface area contributed by atoms with Crippen LogP contribution in [-0.2, 0) is 9.47 Å². The molecule has 0 saturated carbocycles. The third kappa shape index (κ3) is 14.3. The van der Waals surface area contributed by atoms with Crippen molar-refractivity contribution < 1.29 is 24.8 Å². The van der Waals surface area contributed by atoms with Crippen molar-refractivity contribution in [2.75, 3.05) is 19.8 Å². The molecule has 3 N–H and O–H groups in total. The van der Waals surface area contributed by atoms with E-state index in [0.29, 0.717) is 6.61 Å². The van der Waals surface area contributed by atoms with Crippen molar-refractivity contribution in [3.8, 4) is 0 Å². The molecule has 1 saturated heterocycles. The largest absolute Gasteiger partial charge is 0.394 e. The van der Waals surface area contributed by atoms with Crippen molar-refractivity contribution in [2.24, 2.45) is 0 Å². The summed E-state index contributed by atoms with van der Waals surface area (Å²) in [4.78, 5) is 0. The first-order chi connectivity index (χ1) is 15.2. The minimum atomic E-state index is -1.01. The van der Waals surface area contributed by atoms with Crippen LogP contribution < -0.4 is 0 Å². The maximum absolute atomic E-state index is 9.90. The van der Waals surface area contributed by atoms with Crippen LogP contribution in [0.25, 0.3) is 0 Å². The van der Waals surface area contributed by atoms with Gasteiger partial charge in [-0.25, -0.2) is 0 Å². The highest BCUT2D eigenvalue weighted by Gasteiger charge is 2.40. The van der Waals surface area contributed by atoms with Gasteiger partial charge in [0.2, 0.25) is 0 Å². The van der Waals surface area contributed by atoms with Crippen LogP contribution in [-0.4, -0.2) is 59.6 Å². The van der Waals surface area contributed by atoms with E-state index in [4.69, 9.17) is 14.6 Å². The van der Waals surface area contributed by atoms with Crippen LogP contribution in [0.1, 0.15) is 110 Å². The lowest BCUT2D eigenvalue weighted by Gasteiger charge is -2.23. The molecule has 5 heteroatoms. The molecular weight excluding hydrogens is 392 g/mol. The van der Waals surface area contributed by atoms with Crippen molar-refractivity contribution >= 4 is 0 Å². The van der Waals surface area contributed by atoms with E-state index in [2.05, 4.69) is 19.1 Å². The molecule has 4 atom stereocenters. The van der Waals surface area contributed by atoms with Gasteiger partial charge in [-0.1, -0.05) is 89.7 Å². The van der Waals surface area contributed by atoms with Crippen LogP contribution in [0.5, 0.6) is 0 Å². The van der Waals surface area contributed by atoms with E-state index in [9.17, 15) is 10.2 Å². The number of hydrogen-bond donors (Lipinski definition) is 3. The summed E-state index contributed by atoms with van der Waals surface area (Å²) in [7, 11) is 0. The molecule has 0 aromatic heterocycles. The SMILES string of the molecule is CCCCCCCCCCCCCC/C=C/CCCCO[C@@H]1[C@H]([C@H](O)CO)OC[C@@H]1O. The van der Waals surface area contributed by atoms with Gasteiger partial charge in [0, 0.05) is 6.61 Å². The zero-order valence-corrected chi connectivity index (χ0v) is 20.1. The third-order valence-corrected chi connectivity index (χ3v) is 6.20. The van der Waals surface area contributed by atoms with Gasteiger partial charge in [-0.3, -0.25) is 0 Å². The molecule has 184 valence electrons. The van der Waals surface area contributed by atoms with Gasteiger partial charge < -0.3 is 24.8 Å². The molecule has 1 rings (SSSR count). The smallest absolute Gasteiger partial charge is 0.114 e. The molecule has 31 heavy (non-hydrogen) atoms. The van der Waals surface area contributed by atoms with Gasteiger partial charge in [0.25, 0.3) is 0 Å². The summed E-state index contributed by atoms with van der Waals surface area (Å²) in [6.07, 6.45) is 22.5. The molecule has 0 aliphatic carbocycles. The fourth-order valence-electron chi connectivity index (χ4n) is 4.18. The Balaban J connectivity index is 1.84. The lowest BCUT2D eigenvalue weighted by atomic mass is 10.0. The van der Waals surface area contributed by atoms with Crippen LogP contribution >= 0.6 is 0 Å². The van der Waals surface area contributed by atoms with Crippen LogP contribution in [0.15, 0.2) is 12.2 Å². The number of ether oxygens (including phenoxy) is 2. The maximum Gasteiger partial charge on any atom is 0.114 e. The Bertz CT molecular complexity index is 415. The van der Waals surface area contributed by atoms with Gasteiger partial charge in [-0.05, 0) is 32.1 Å². The van der Waals surface area contributed by atoms with Gasteiger partial charge in [-0.2, -0.15) is 0 Å². The molecule has 1 heterocycles. The lowest BCUT2D eigenvalue weighted by molar-refractivity contribution is -0.0937. The van der Waals surface area contributed by atoms with E-state index in [1.165, 1.54) is 83.5 Å². The van der Waals surface area contributed by atoms with Gasteiger partial charge >= 0.3 is 0 Å². The Kier molecular flexibility index (Phi) is 18.6. The van der Waals surface area contributed by atoms with E-state index in [-0.39, 0.29) is 13.2 Å². The van der Waals surface area contributed by atoms with Crippen molar-refractivity contribution in [2.45, 2.75) is 134 Å². The second-order valence-corrected chi connectivity index (χ2v) is 9.10. The monoisotopic (exact) mass is 442 g/mol. The molecule has 1 aliphatic heterocycles. The second-order valence-electron chi connectivity index (χ2n) is 9.10. The molecule has 1 aliphatic rings. The third-order valence-electron chi connectivity index (χ3n) is 6.20. The van der Waals surface area contributed by atoms with E-state index < -0.39 is 24.4 Å². The normalized spacial score (nSPS) is 22.5. The molecule has 0 bridgehead atoms. The lowest BCUT2D eigenvalue weighted by Crippen LogP contribution is -2.42. The summed E-state index contributed by atoms with van der Waals surface area (Å²) in [6, 6.07) is 0. The summed E-state index contributed by atoms with van der Waals surface area (Å²) in [6.45, 7) is 2.57. The fraction of sp³-hybridized carbons (Fsp3) is 0.923. The van der Waals surface area contributed by atoms with Crippen LogP contribution in [0.4, 0.5) is 0 Å². The van der Waals surface area contributed by atoms with Crippen molar-refractivity contribution in [3.05, 3.63) is 12.2 Å². The summed E-state index contributed by atoms with van der Waals surface area (Å²) >= 11 is 0. The second kappa shape index (κ2) is 20.2. The molecule has 0 radical (unpaired) electrons. The van der Waals surface area contributed by atoms with Crippen LogP contribution in [0.3, 0.4) is 0 Å². The highest BCUT2D eigenvalue weighted by atomic mass is 16.6. The van der Waals surface area contributed by atoms with Crippen molar-refractivity contribution in [1.82, 2.24) is 0 Å². The van der Waals surface area contributed by atoms with E-state index in [0.717, 1.165) is 19.3 Å². The quantitative estimate of drug-likeness (QED) is 0.166. The van der Waals surface area contributed by atoms with E-state index in [1.807, 2.05) is 0 Å². The standard InChI is InChI=1S/C26H50O5/c1-2-3-4-5-6-7-8-9-10-11-12-13-14-15-16-17-18-19-20-30-26-24(29)22-31-25(26)23(28)21-27/h15-16,23-29H,2-14,17-22H2,1H3/b16-15+/t23-,24+,25+,26+/m1/s1. The maximum atomic E-state index is 9.90. The molecule has 0 spiro atoms. The molecule has 5 nitrogen and oxygen atoms in total. The molecular formula is C26H50O5. The summed E-state index contributed by atoms with van der Waals surface area (Å²) in [5.74, 6) is 0. The number of allylic oxidation sites excluding steroid dienone is 2. The summed E-state index contributed by atoms with van der Waals surface area (Å²) in [5, 5.41) is 28.7. The van der Waals surface area contributed by atoms with Crippen LogP contribution in [0, 0.1) is 0 Å². The molecule has 1 fully saturated rings. The summed E-state index contributed by atoms with van der Waals surface area (Å²) < 4.78 is 11.0. The average Bonchev–Trinajstić information content (AvgIpc) is 3.15. The first-order valence-electron chi connectivity index (χ1n) is 13.1. The predicted octanol–water partition coefficient (Wildman–Crippen LogP) is 5.30. The number of hydrogen-bond acceptors (Lipinski definition) is 5. The number of unbranched alkanes of at least 4 members (excludes halogenated alkanes) is 14. The number of aliphatic hydroxyl groups is 3.